The Morgan fingerprint density at radius 3 is 2.61 bits per heavy atom. The molecule has 33 heavy (non-hydrogen) atoms. The lowest BCUT2D eigenvalue weighted by Gasteiger charge is -2.20. The van der Waals surface area contributed by atoms with Gasteiger partial charge in [-0.05, 0) is 49.8 Å². The van der Waals surface area contributed by atoms with Gasteiger partial charge in [-0.25, -0.2) is 0 Å². The number of fused-ring (bicyclic) bond motifs is 1. The maximum Gasteiger partial charge on any atom is 0.247 e. The number of ether oxygens (including phenoxy) is 4. The average Bonchev–Trinajstić information content (AvgIpc) is 2.81. The first kappa shape index (κ1) is 24.3. The van der Waals surface area contributed by atoms with Crippen LogP contribution in [0.1, 0.15) is 19.4 Å². The van der Waals surface area contributed by atoms with Crippen molar-refractivity contribution in [2.45, 2.75) is 13.8 Å². The van der Waals surface area contributed by atoms with Crippen LogP contribution in [0.15, 0.2) is 36.4 Å². The molecular weight excluding hydrogens is 448 g/mol. The average molecular weight is 475 g/mol. The van der Waals surface area contributed by atoms with Crippen LogP contribution < -0.4 is 24.3 Å². The number of carbonyl (C=O) groups excluding carboxylic acids is 2. The Balaban J connectivity index is 1.64. The zero-order valence-electron chi connectivity index (χ0n) is 18.9. The summed E-state index contributed by atoms with van der Waals surface area (Å²) in [6.07, 6.45) is 3.02. The number of amides is 2. The Labute approximate surface area is 198 Å². The van der Waals surface area contributed by atoms with Crippen LogP contribution in [-0.2, 0) is 9.59 Å². The third-order valence-corrected chi connectivity index (χ3v) is 5.09. The standard InChI is InChI=1S/C24H27ClN2O6/c1-4-27(15-22(28)26-17-7-8-19-20(14-17)33-11-10-32-19)23(29)9-6-16-12-18(25)24(30-3)21(13-16)31-5-2/h6-9,12-14H,4-5,10-11,15H2,1-3H3,(H,26,28)/b9-6+. The van der Waals surface area contributed by atoms with Gasteiger partial charge in [0.2, 0.25) is 11.8 Å². The summed E-state index contributed by atoms with van der Waals surface area (Å²) in [7, 11) is 1.51. The molecule has 8 nitrogen and oxygen atoms in total. The van der Waals surface area contributed by atoms with Gasteiger partial charge >= 0.3 is 0 Å². The monoisotopic (exact) mass is 474 g/mol. The first-order valence-corrected chi connectivity index (χ1v) is 11.0. The molecule has 1 aliphatic rings. The van der Waals surface area contributed by atoms with Gasteiger partial charge in [0.25, 0.3) is 0 Å². The predicted octanol–water partition coefficient (Wildman–Crippen LogP) is 4.02. The van der Waals surface area contributed by atoms with E-state index in [1.54, 1.807) is 43.3 Å². The number of nitrogens with one attached hydrogen (secondary N) is 1. The molecule has 9 heteroatoms. The quantitative estimate of drug-likeness (QED) is 0.552. The molecule has 0 fully saturated rings. The van der Waals surface area contributed by atoms with Gasteiger partial charge in [0.15, 0.2) is 23.0 Å². The Bertz CT molecular complexity index is 1040. The summed E-state index contributed by atoms with van der Waals surface area (Å²) in [6.45, 7) is 5.33. The Morgan fingerprint density at radius 1 is 1.15 bits per heavy atom. The molecule has 0 aromatic heterocycles. The van der Waals surface area contributed by atoms with Crippen molar-refractivity contribution in [2.24, 2.45) is 0 Å². The Hall–Kier alpha value is -3.39. The number of methoxy groups -OCH3 is 1. The minimum Gasteiger partial charge on any atom is -0.491 e. The number of benzene rings is 2. The van der Waals surface area contributed by atoms with Crippen molar-refractivity contribution < 1.29 is 28.5 Å². The second-order valence-corrected chi connectivity index (χ2v) is 7.47. The molecule has 0 aliphatic carbocycles. The molecule has 0 saturated carbocycles. The molecule has 2 amide bonds. The van der Waals surface area contributed by atoms with Crippen molar-refractivity contribution in [3.8, 4) is 23.0 Å². The molecule has 1 heterocycles. The molecule has 1 N–H and O–H groups in total. The SMILES string of the molecule is CCOc1cc(/C=C/C(=O)N(CC)CC(=O)Nc2ccc3c(c2)OCCO3)cc(Cl)c1OC. The molecule has 1 aliphatic heterocycles. The minimum atomic E-state index is -0.318. The van der Waals surface area contributed by atoms with Crippen LogP contribution in [0.4, 0.5) is 5.69 Å². The molecule has 0 saturated heterocycles. The normalized spacial score (nSPS) is 12.4. The summed E-state index contributed by atoms with van der Waals surface area (Å²) in [5.74, 6) is 1.52. The summed E-state index contributed by atoms with van der Waals surface area (Å²) < 4.78 is 21.8. The number of nitrogens with zero attached hydrogens (tertiary/aromatic N) is 1. The van der Waals surface area contributed by atoms with Crippen LogP contribution in [0.2, 0.25) is 5.02 Å². The van der Waals surface area contributed by atoms with Gasteiger partial charge in [0.1, 0.15) is 19.8 Å². The van der Waals surface area contributed by atoms with E-state index in [1.807, 2.05) is 6.92 Å². The lowest BCUT2D eigenvalue weighted by molar-refractivity contribution is -0.130. The molecule has 0 radical (unpaired) electrons. The van der Waals surface area contributed by atoms with E-state index in [-0.39, 0.29) is 18.4 Å². The zero-order chi connectivity index (χ0) is 23.8. The van der Waals surface area contributed by atoms with Crippen molar-refractivity contribution in [2.75, 3.05) is 45.3 Å². The molecule has 176 valence electrons. The summed E-state index contributed by atoms with van der Waals surface area (Å²) in [6, 6.07) is 8.59. The minimum absolute atomic E-state index is 0.0956. The van der Waals surface area contributed by atoms with Crippen molar-refractivity contribution >= 4 is 35.2 Å². The Morgan fingerprint density at radius 2 is 1.91 bits per heavy atom. The maximum atomic E-state index is 12.7. The molecular formula is C24H27ClN2O6. The third kappa shape index (κ3) is 6.32. The number of hydrogen-bond donors (Lipinski definition) is 1. The van der Waals surface area contributed by atoms with Crippen molar-refractivity contribution in [1.82, 2.24) is 4.90 Å². The number of halogens is 1. The summed E-state index contributed by atoms with van der Waals surface area (Å²) in [4.78, 5) is 26.6. The topological polar surface area (TPSA) is 86.3 Å². The highest BCUT2D eigenvalue weighted by Crippen LogP contribution is 2.36. The predicted molar refractivity (Wildman–Crippen MR) is 127 cm³/mol. The van der Waals surface area contributed by atoms with E-state index in [0.717, 1.165) is 0 Å². The maximum absolute atomic E-state index is 12.7. The molecule has 2 aromatic rings. The van der Waals surface area contributed by atoms with Crippen molar-refractivity contribution in [3.05, 3.63) is 47.0 Å². The number of hydrogen-bond acceptors (Lipinski definition) is 6. The summed E-state index contributed by atoms with van der Waals surface area (Å²) in [5, 5.41) is 3.16. The molecule has 0 spiro atoms. The number of likely N-dealkylation sites (N-methyl/N-ethyl adjacent to an activating group) is 1. The van der Waals surface area contributed by atoms with E-state index >= 15 is 0 Å². The van der Waals surface area contributed by atoms with Crippen LogP contribution in [0, 0.1) is 0 Å². The van der Waals surface area contributed by atoms with E-state index < -0.39 is 0 Å². The van der Waals surface area contributed by atoms with Crippen molar-refractivity contribution in [3.63, 3.8) is 0 Å². The van der Waals surface area contributed by atoms with Crippen LogP contribution in [0.25, 0.3) is 6.08 Å². The van der Waals surface area contributed by atoms with Gasteiger partial charge in [-0.15, -0.1) is 0 Å². The fourth-order valence-corrected chi connectivity index (χ4v) is 3.55. The molecule has 0 unspecified atom stereocenters. The molecule has 0 bridgehead atoms. The van der Waals surface area contributed by atoms with E-state index in [2.05, 4.69) is 5.32 Å². The largest absolute Gasteiger partial charge is 0.491 e. The van der Waals surface area contributed by atoms with E-state index in [4.69, 9.17) is 30.5 Å². The lowest BCUT2D eigenvalue weighted by Crippen LogP contribution is -2.36. The summed E-state index contributed by atoms with van der Waals surface area (Å²) in [5.41, 5.74) is 1.24. The first-order chi connectivity index (χ1) is 15.9. The summed E-state index contributed by atoms with van der Waals surface area (Å²) >= 11 is 6.26. The number of anilines is 1. The van der Waals surface area contributed by atoms with Gasteiger partial charge in [-0.3, -0.25) is 9.59 Å². The highest BCUT2D eigenvalue weighted by Gasteiger charge is 2.16. The number of carbonyl (C=O) groups is 2. The smallest absolute Gasteiger partial charge is 0.247 e. The van der Waals surface area contributed by atoms with Crippen LogP contribution in [-0.4, -0.2) is 56.7 Å². The van der Waals surface area contributed by atoms with E-state index in [1.165, 1.54) is 18.1 Å². The second kappa shape index (κ2) is 11.5. The highest BCUT2D eigenvalue weighted by atomic mass is 35.5. The van der Waals surface area contributed by atoms with Gasteiger partial charge in [0, 0.05) is 24.4 Å². The fourth-order valence-electron chi connectivity index (χ4n) is 3.26. The molecule has 0 atom stereocenters. The zero-order valence-corrected chi connectivity index (χ0v) is 19.6. The van der Waals surface area contributed by atoms with Gasteiger partial charge in [0.05, 0.1) is 18.7 Å². The van der Waals surface area contributed by atoms with Crippen LogP contribution in [0.3, 0.4) is 0 Å². The van der Waals surface area contributed by atoms with E-state index in [9.17, 15) is 9.59 Å². The van der Waals surface area contributed by atoms with Gasteiger partial charge in [-0.1, -0.05) is 11.6 Å². The Kier molecular flexibility index (Phi) is 8.43. The van der Waals surface area contributed by atoms with Crippen LogP contribution in [0.5, 0.6) is 23.0 Å². The lowest BCUT2D eigenvalue weighted by atomic mass is 10.1. The van der Waals surface area contributed by atoms with E-state index in [0.29, 0.717) is 65.6 Å². The first-order valence-electron chi connectivity index (χ1n) is 10.6. The molecule has 2 aromatic carbocycles. The highest BCUT2D eigenvalue weighted by molar-refractivity contribution is 6.32. The molecule has 3 rings (SSSR count). The fraction of sp³-hybridized carbons (Fsp3) is 0.333. The van der Waals surface area contributed by atoms with Gasteiger partial charge < -0.3 is 29.2 Å². The third-order valence-electron chi connectivity index (χ3n) is 4.81. The second-order valence-electron chi connectivity index (χ2n) is 7.06. The number of rotatable bonds is 9. The van der Waals surface area contributed by atoms with Crippen LogP contribution >= 0.6 is 11.6 Å². The van der Waals surface area contributed by atoms with Crippen molar-refractivity contribution in [1.29, 1.82) is 0 Å². The van der Waals surface area contributed by atoms with Gasteiger partial charge in [-0.2, -0.15) is 0 Å².